The molecule has 0 aliphatic carbocycles. The van der Waals surface area contributed by atoms with Gasteiger partial charge < -0.3 is 9.84 Å². The first-order valence-corrected chi connectivity index (χ1v) is 11.2. The average molecular weight is 459 g/mol. The monoisotopic (exact) mass is 458 g/mol. The van der Waals surface area contributed by atoms with Crippen molar-refractivity contribution in [3.63, 3.8) is 0 Å². The SMILES string of the molecule is Cc1ccccc1CO.Cc1ccccc1Oc1ncnc(C)c1C.Cc1ncnc(C)c1C. The number of hydrogen-bond acceptors (Lipinski definition) is 6. The van der Waals surface area contributed by atoms with Gasteiger partial charge in [-0.3, -0.25) is 0 Å². The zero-order valence-corrected chi connectivity index (χ0v) is 21.1. The van der Waals surface area contributed by atoms with E-state index in [-0.39, 0.29) is 6.61 Å². The van der Waals surface area contributed by atoms with Gasteiger partial charge in [-0.2, -0.15) is 0 Å². The van der Waals surface area contributed by atoms with Crippen LogP contribution >= 0.6 is 0 Å². The highest BCUT2D eigenvalue weighted by Crippen LogP contribution is 2.25. The summed E-state index contributed by atoms with van der Waals surface area (Å²) >= 11 is 0. The highest BCUT2D eigenvalue weighted by atomic mass is 16.5. The van der Waals surface area contributed by atoms with E-state index in [1.807, 2.05) is 97.0 Å². The summed E-state index contributed by atoms with van der Waals surface area (Å²) in [6, 6.07) is 15.7. The van der Waals surface area contributed by atoms with Gasteiger partial charge in [0.05, 0.1) is 6.61 Å². The van der Waals surface area contributed by atoms with Crippen LogP contribution in [0.15, 0.2) is 61.2 Å². The maximum atomic E-state index is 8.72. The van der Waals surface area contributed by atoms with Crippen molar-refractivity contribution in [2.24, 2.45) is 0 Å². The fourth-order valence-corrected chi connectivity index (χ4v) is 2.84. The summed E-state index contributed by atoms with van der Waals surface area (Å²) in [6.45, 7) is 14.1. The Balaban J connectivity index is 0.000000194. The minimum Gasteiger partial charge on any atom is -0.438 e. The highest BCUT2D eigenvalue weighted by molar-refractivity contribution is 5.37. The van der Waals surface area contributed by atoms with Gasteiger partial charge in [0.25, 0.3) is 0 Å². The number of aliphatic hydroxyl groups is 1. The maximum absolute atomic E-state index is 8.72. The molecular formula is C28H34N4O2. The van der Waals surface area contributed by atoms with Gasteiger partial charge in [0, 0.05) is 22.6 Å². The van der Waals surface area contributed by atoms with Crippen LogP contribution in [0.3, 0.4) is 0 Å². The van der Waals surface area contributed by atoms with E-state index in [1.54, 1.807) is 6.33 Å². The van der Waals surface area contributed by atoms with Crippen LogP contribution in [0.2, 0.25) is 0 Å². The van der Waals surface area contributed by atoms with E-state index in [0.29, 0.717) is 5.88 Å². The van der Waals surface area contributed by atoms with E-state index in [9.17, 15) is 0 Å². The van der Waals surface area contributed by atoms with Gasteiger partial charge in [-0.25, -0.2) is 19.9 Å². The van der Waals surface area contributed by atoms with Crippen LogP contribution in [0.25, 0.3) is 0 Å². The Morgan fingerprint density at radius 1 is 0.618 bits per heavy atom. The van der Waals surface area contributed by atoms with Crippen molar-refractivity contribution in [2.75, 3.05) is 0 Å². The number of hydrogen-bond donors (Lipinski definition) is 1. The van der Waals surface area contributed by atoms with E-state index in [4.69, 9.17) is 9.84 Å². The predicted octanol–water partition coefficient (Wildman–Crippen LogP) is 6.08. The van der Waals surface area contributed by atoms with Gasteiger partial charge in [-0.1, -0.05) is 42.5 Å². The molecule has 0 unspecified atom stereocenters. The van der Waals surface area contributed by atoms with Gasteiger partial charge in [-0.05, 0) is 76.8 Å². The number of para-hydroxylation sites is 1. The molecule has 0 saturated carbocycles. The fraction of sp³-hybridized carbons (Fsp3) is 0.286. The smallest absolute Gasteiger partial charge is 0.225 e. The molecule has 4 aromatic rings. The number of aliphatic hydroxyl groups excluding tert-OH is 1. The molecule has 0 spiro atoms. The first-order chi connectivity index (χ1) is 16.2. The lowest BCUT2D eigenvalue weighted by Crippen LogP contribution is -1.96. The molecule has 2 aromatic carbocycles. The number of ether oxygens (including phenoxy) is 1. The van der Waals surface area contributed by atoms with Gasteiger partial charge in [0.15, 0.2) is 0 Å². The lowest BCUT2D eigenvalue weighted by atomic mass is 10.1. The zero-order valence-electron chi connectivity index (χ0n) is 21.1. The van der Waals surface area contributed by atoms with Crippen LogP contribution in [-0.2, 0) is 6.61 Å². The second kappa shape index (κ2) is 13.2. The number of nitrogens with zero attached hydrogens (tertiary/aromatic N) is 4. The lowest BCUT2D eigenvalue weighted by molar-refractivity contribution is 0.281. The van der Waals surface area contributed by atoms with Gasteiger partial charge in [0.1, 0.15) is 18.4 Å². The molecule has 1 N–H and O–H groups in total. The van der Waals surface area contributed by atoms with Crippen LogP contribution in [-0.4, -0.2) is 25.0 Å². The molecule has 2 aromatic heterocycles. The molecule has 0 bridgehead atoms. The van der Waals surface area contributed by atoms with Gasteiger partial charge in [0.2, 0.25) is 5.88 Å². The summed E-state index contributed by atoms with van der Waals surface area (Å²) < 4.78 is 5.77. The second-order valence-corrected chi connectivity index (χ2v) is 8.01. The molecule has 4 rings (SSSR count). The third-order valence-corrected chi connectivity index (χ3v) is 5.61. The summed E-state index contributed by atoms with van der Waals surface area (Å²) in [6.07, 6.45) is 3.12. The minimum absolute atomic E-state index is 0.146. The van der Waals surface area contributed by atoms with E-state index < -0.39 is 0 Å². The Labute approximate surface area is 202 Å². The molecule has 0 saturated heterocycles. The molecule has 34 heavy (non-hydrogen) atoms. The highest BCUT2D eigenvalue weighted by Gasteiger charge is 2.07. The summed E-state index contributed by atoms with van der Waals surface area (Å²) in [5.74, 6) is 1.46. The lowest BCUT2D eigenvalue weighted by Gasteiger charge is -2.10. The Hall–Kier alpha value is -3.64. The van der Waals surface area contributed by atoms with Crippen molar-refractivity contribution in [3.8, 4) is 11.6 Å². The Morgan fingerprint density at radius 3 is 1.62 bits per heavy atom. The van der Waals surface area contributed by atoms with E-state index >= 15 is 0 Å². The Morgan fingerprint density at radius 2 is 1.12 bits per heavy atom. The summed E-state index contributed by atoms with van der Waals surface area (Å²) in [7, 11) is 0. The first-order valence-electron chi connectivity index (χ1n) is 11.2. The quantitative estimate of drug-likeness (QED) is 0.400. The van der Waals surface area contributed by atoms with Gasteiger partial charge >= 0.3 is 0 Å². The average Bonchev–Trinajstić information content (AvgIpc) is 2.83. The number of aryl methyl sites for hydroxylation is 5. The molecule has 0 aliphatic heterocycles. The van der Waals surface area contributed by atoms with Crippen molar-refractivity contribution in [1.82, 2.24) is 19.9 Å². The Bertz CT molecular complexity index is 1190. The van der Waals surface area contributed by atoms with Crippen molar-refractivity contribution in [2.45, 2.75) is 55.1 Å². The van der Waals surface area contributed by atoms with Crippen LogP contribution in [0.1, 0.15) is 44.9 Å². The minimum atomic E-state index is 0.146. The molecule has 0 fully saturated rings. The van der Waals surface area contributed by atoms with Crippen LogP contribution in [0.5, 0.6) is 11.6 Å². The van der Waals surface area contributed by atoms with Crippen molar-refractivity contribution >= 4 is 0 Å². The number of benzene rings is 2. The molecule has 178 valence electrons. The molecule has 0 amide bonds. The van der Waals surface area contributed by atoms with Crippen molar-refractivity contribution in [1.29, 1.82) is 0 Å². The molecule has 6 heteroatoms. The third-order valence-electron chi connectivity index (χ3n) is 5.61. The third kappa shape index (κ3) is 7.74. The summed E-state index contributed by atoms with van der Waals surface area (Å²) in [4.78, 5) is 16.3. The predicted molar refractivity (Wildman–Crippen MR) is 136 cm³/mol. The largest absolute Gasteiger partial charge is 0.438 e. The topological polar surface area (TPSA) is 81.0 Å². The maximum Gasteiger partial charge on any atom is 0.225 e. The molecular weight excluding hydrogens is 424 g/mol. The van der Waals surface area contributed by atoms with E-state index in [0.717, 1.165) is 45.1 Å². The van der Waals surface area contributed by atoms with E-state index in [2.05, 4.69) is 19.9 Å². The van der Waals surface area contributed by atoms with Crippen LogP contribution < -0.4 is 4.74 Å². The first kappa shape index (κ1) is 26.6. The normalized spacial score (nSPS) is 9.88. The zero-order chi connectivity index (χ0) is 25.1. The molecule has 0 radical (unpaired) electrons. The number of aromatic nitrogens is 4. The fourth-order valence-electron chi connectivity index (χ4n) is 2.84. The Kier molecular flexibility index (Phi) is 10.3. The summed E-state index contributed by atoms with van der Waals surface area (Å²) in [5.41, 5.74) is 8.52. The standard InChI is InChI=1S/C13H14N2O.C8H10O.C7H10N2/c1-9-6-4-5-7-12(9)16-13-10(2)11(3)14-8-15-13;1-7-4-2-3-5-8(7)6-9;1-5-6(2)8-4-9-7(5)3/h4-8H,1-3H3;2-5,9H,6H2,1H3;4H,1-3H3. The van der Waals surface area contributed by atoms with Crippen LogP contribution in [0.4, 0.5) is 0 Å². The van der Waals surface area contributed by atoms with Crippen molar-refractivity contribution < 1.29 is 9.84 Å². The van der Waals surface area contributed by atoms with Crippen molar-refractivity contribution in [3.05, 3.63) is 106 Å². The molecule has 6 nitrogen and oxygen atoms in total. The van der Waals surface area contributed by atoms with Crippen LogP contribution in [0, 0.1) is 48.5 Å². The van der Waals surface area contributed by atoms with E-state index in [1.165, 1.54) is 11.9 Å². The molecule has 0 atom stereocenters. The second-order valence-electron chi connectivity index (χ2n) is 8.01. The molecule has 0 aliphatic rings. The van der Waals surface area contributed by atoms with Gasteiger partial charge in [-0.15, -0.1) is 0 Å². The number of rotatable bonds is 3. The molecule has 2 heterocycles. The summed E-state index contributed by atoms with van der Waals surface area (Å²) in [5, 5.41) is 8.72.